The van der Waals surface area contributed by atoms with Gasteiger partial charge in [0.2, 0.25) is 0 Å². The van der Waals surface area contributed by atoms with Crippen molar-refractivity contribution in [1.29, 1.82) is 0 Å². The summed E-state index contributed by atoms with van der Waals surface area (Å²) in [4.78, 5) is 28.3. The molecular formula is C20H23N3O3S. The van der Waals surface area contributed by atoms with Gasteiger partial charge < -0.3 is 15.4 Å². The van der Waals surface area contributed by atoms with E-state index in [-0.39, 0.29) is 17.5 Å². The maximum absolute atomic E-state index is 12.6. The minimum atomic E-state index is -0.304. The molecule has 1 fully saturated rings. The summed E-state index contributed by atoms with van der Waals surface area (Å²) in [6.45, 7) is 4.47. The van der Waals surface area contributed by atoms with E-state index in [1.165, 1.54) is 11.3 Å². The number of benzene rings is 1. The van der Waals surface area contributed by atoms with Crippen LogP contribution in [-0.4, -0.2) is 56.1 Å². The maximum Gasteiger partial charge on any atom is 0.267 e. The molecule has 0 spiro atoms. The monoisotopic (exact) mass is 385 g/mol. The number of nitrogens with one attached hydrogen (secondary N) is 2. The summed E-state index contributed by atoms with van der Waals surface area (Å²) in [6, 6.07) is 12.7. The van der Waals surface area contributed by atoms with E-state index < -0.39 is 0 Å². The van der Waals surface area contributed by atoms with Crippen LogP contribution in [0.3, 0.4) is 0 Å². The fourth-order valence-corrected chi connectivity index (χ4v) is 3.36. The Bertz CT molecular complexity index is 769. The summed E-state index contributed by atoms with van der Waals surface area (Å²) in [5.41, 5.74) is 0.754. The molecule has 1 aliphatic rings. The Kier molecular flexibility index (Phi) is 7.15. The lowest BCUT2D eigenvalue weighted by Gasteiger charge is -2.26. The quantitative estimate of drug-likeness (QED) is 0.715. The number of carbonyl (C=O) groups excluding carboxylic acids is 2. The van der Waals surface area contributed by atoms with Gasteiger partial charge >= 0.3 is 0 Å². The van der Waals surface area contributed by atoms with Gasteiger partial charge in [-0.15, -0.1) is 11.3 Å². The van der Waals surface area contributed by atoms with E-state index in [0.29, 0.717) is 12.1 Å². The highest BCUT2D eigenvalue weighted by Crippen LogP contribution is 2.13. The predicted octanol–water partition coefficient (Wildman–Crippen LogP) is 1.97. The zero-order valence-electron chi connectivity index (χ0n) is 15.0. The van der Waals surface area contributed by atoms with Crippen LogP contribution in [0.5, 0.6) is 0 Å². The van der Waals surface area contributed by atoms with Crippen LogP contribution in [0.2, 0.25) is 0 Å². The Balaban J connectivity index is 1.62. The lowest BCUT2D eigenvalue weighted by atomic mass is 10.2. The molecule has 1 aliphatic heterocycles. The van der Waals surface area contributed by atoms with E-state index in [1.54, 1.807) is 30.3 Å². The van der Waals surface area contributed by atoms with Gasteiger partial charge in [-0.3, -0.25) is 14.5 Å². The number of carbonyl (C=O) groups is 2. The molecular weight excluding hydrogens is 362 g/mol. The Morgan fingerprint density at radius 3 is 2.59 bits per heavy atom. The summed E-state index contributed by atoms with van der Waals surface area (Å²) < 4.78 is 5.33. The van der Waals surface area contributed by atoms with Crippen LogP contribution < -0.4 is 10.6 Å². The number of thiophene rings is 1. The van der Waals surface area contributed by atoms with Gasteiger partial charge in [-0.1, -0.05) is 24.3 Å². The summed E-state index contributed by atoms with van der Waals surface area (Å²) in [7, 11) is 0. The number of nitrogens with zero attached hydrogens (tertiary/aromatic N) is 1. The normalized spacial score (nSPS) is 15.3. The number of hydrogen-bond donors (Lipinski definition) is 2. The van der Waals surface area contributed by atoms with Crippen molar-refractivity contribution in [3.63, 3.8) is 0 Å². The first-order chi connectivity index (χ1) is 13.2. The van der Waals surface area contributed by atoms with Crippen molar-refractivity contribution in [3.8, 4) is 0 Å². The fourth-order valence-electron chi connectivity index (χ4n) is 2.71. The molecule has 2 N–H and O–H groups in total. The lowest BCUT2D eigenvalue weighted by Crippen LogP contribution is -2.42. The summed E-state index contributed by atoms with van der Waals surface area (Å²) in [5, 5.41) is 7.57. The van der Waals surface area contributed by atoms with Crippen molar-refractivity contribution in [2.45, 2.75) is 0 Å². The summed E-state index contributed by atoms with van der Waals surface area (Å²) in [5.74, 6) is -0.595. The van der Waals surface area contributed by atoms with Crippen LogP contribution >= 0.6 is 11.3 Å². The molecule has 2 amide bonds. The van der Waals surface area contributed by atoms with Crippen molar-refractivity contribution in [2.24, 2.45) is 0 Å². The Morgan fingerprint density at radius 2 is 1.89 bits per heavy atom. The predicted molar refractivity (Wildman–Crippen MR) is 106 cm³/mol. The number of hydrogen-bond acceptors (Lipinski definition) is 5. The molecule has 6 nitrogen and oxygen atoms in total. The van der Waals surface area contributed by atoms with E-state index in [2.05, 4.69) is 15.5 Å². The third-order valence-corrected chi connectivity index (χ3v) is 5.00. The molecule has 1 saturated heterocycles. The third-order valence-electron chi connectivity index (χ3n) is 4.18. The molecule has 2 aromatic rings. The highest BCUT2D eigenvalue weighted by atomic mass is 32.1. The van der Waals surface area contributed by atoms with Crippen LogP contribution in [0.25, 0.3) is 6.08 Å². The van der Waals surface area contributed by atoms with Gasteiger partial charge in [0, 0.05) is 36.6 Å². The van der Waals surface area contributed by atoms with Gasteiger partial charge in [0.1, 0.15) is 5.70 Å². The lowest BCUT2D eigenvalue weighted by molar-refractivity contribution is -0.117. The van der Waals surface area contributed by atoms with Crippen LogP contribution in [-0.2, 0) is 9.53 Å². The zero-order chi connectivity index (χ0) is 18.9. The smallest absolute Gasteiger partial charge is 0.267 e. The molecule has 27 heavy (non-hydrogen) atoms. The van der Waals surface area contributed by atoms with Crippen LogP contribution in [0, 0.1) is 0 Å². The van der Waals surface area contributed by atoms with E-state index in [9.17, 15) is 9.59 Å². The molecule has 2 heterocycles. The molecule has 142 valence electrons. The number of amides is 2. The first-order valence-electron chi connectivity index (χ1n) is 8.92. The third kappa shape index (κ3) is 6.02. The minimum absolute atomic E-state index is 0.244. The van der Waals surface area contributed by atoms with E-state index in [0.717, 1.165) is 37.7 Å². The second kappa shape index (κ2) is 10.0. The van der Waals surface area contributed by atoms with Gasteiger partial charge in [0.05, 0.1) is 13.2 Å². The SMILES string of the molecule is O=C(NCCN1CCOCC1)/C(=C/c1cccs1)NC(=O)c1ccccc1. The molecule has 1 aromatic carbocycles. The number of morpholine rings is 1. The topological polar surface area (TPSA) is 70.7 Å². The number of rotatable bonds is 7. The van der Waals surface area contributed by atoms with Gasteiger partial charge in [0.15, 0.2) is 0 Å². The Morgan fingerprint density at radius 1 is 1.11 bits per heavy atom. The zero-order valence-corrected chi connectivity index (χ0v) is 15.8. The van der Waals surface area contributed by atoms with Crippen LogP contribution in [0.15, 0.2) is 53.5 Å². The average Bonchev–Trinajstić information content (AvgIpc) is 3.22. The van der Waals surface area contributed by atoms with Crippen LogP contribution in [0.1, 0.15) is 15.2 Å². The second-order valence-electron chi connectivity index (χ2n) is 6.10. The van der Waals surface area contributed by atoms with E-state index >= 15 is 0 Å². The highest BCUT2D eigenvalue weighted by molar-refractivity contribution is 7.10. The van der Waals surface area contributed by atoms with Gasteiger partial charge in [-0.05, 0) is 29.7 Å². The molecule has 0 radical (unpaired) electrons. The highest BCUT2D eigenvalue weighted by Gasteiger charge is 2.15. The first kappa shape index (κ1) is 19.3. The largest absolute Gasteiger partial charge is 0.379 e. The van der Waals surface area contributed by atoms with Crippen molar-refractivity contribution in [3.05, 3.63) is 64.0 Å². The maximum atomic E-state index is 12.6. The van der Waals surface area contributed by atoms with Gasteiger partial charge in [-0.25, -0.2) is 0 Å². The Labute approximate surface area is 162 Å². The summed E-state index contributed by atoms with van der Waals surface area (Å²) >= 11 is 1.51. The molecule has 7 heteroatoms. The van der Waals surface area contributed by atoms with Gasteiger partial charge in [-0.2, -0.15) is 0 Å². The van der Waals surface area contributed by atoms with Crippen molar-refractivity contribution in [1.82, 2.24) is 15.5 Å². The van der Waals surface area contributed by atoms with Crippen molar-refractivity contribution < 1.29 is 14.3 Å². The Hall–Kier alpha value is -2.48. The van der Waals surface area contributed by atoms with Crippen molar-refractivity contribution in [2.75, 3.05) is 39.4 Å². The average molecular weight is 385 g/mol. The standard InChI is InChI=1S/C20H23N3O3S/c24-19(16-5-2-1-3-6-16)22-18(15-17-7-4-14-27-17)20(25)21-8-9-23-10-12-26-13-11-23/h1-7,14-15H,8-13H2,(H,21,25)(H,22,24)/b18-15-. The molecule has 0 unspecified atom stereocenters. The molecule has 0 bridgehead atoms. The molecule has 0 saturated carbocycles. The van der Waals surface area contributed by atoms with E-state index in [4.69, 9.17) is 4.74 Å². The molecule has 0 atom stereocenters. The van der Waals surface area contributed by atoms with Crippen LogP contribution in [0.4, 0.5) is 0 Å². The van der Waals surface area contributed by atoms with Gasteiger partial charge in [0.25, 0.3) is 11.8 Å². The van der Waals surface area contributed by atoms with E-state index in [1.807, 2.05) is 23.6 Å². The second-order valence-corrected chi connectivity index (χ2v) is 7.08. The molecule has 0 aliphatic carbocycles. The van der Waals surface area contributed by atoms with Crippen molar-refractivity contribution >= 4 is 29.2 Å². The minimum Gasteiger partial charge on any atom is -0.379 e. The summed E-state index contributed by atoms with van der Waals surface area (Å²) in [6.07, 6.45) is 1.70. The number of ether oxygens (including phenoxy) is 1. The molecule has 1 aromatic heterocycles. The molecule has 3 rings (SSSR count). The first-order valence-corrected chi connectivity index (χ1v) is 9.80. The fraction of sp³-hybridized carbons (Fsp3) is 0.300.